The van der Waals surface area contributed by atoms with Crippen LogP contribution in [0.3, 0.4) is 0 Å². The Kier molecular flexibility index (Phi) is 2.91. The molecule has 1 aromatic carbocycles. The first-order valence-electron chi connectivity index (χ1n) is 6.09. The highest BCUT2D eigenvalue weighted by atomic mass is 16.5. The molecule has 1 fully saturated rings. The van der Waals surface area contributed by atoms with Gasteiger partial charge in [-0.15, -0.1) is 0 Å². The quantitative estimate of drug-likeness (QED) is 0.759. The molecule has 4 nitrogen and oxygen atoms in total. The molecular formula is C14H14N2O2-2. The average Bonchev–Trinajstić information content (AvgIpc) is 2.44. The molecular weight excluding hydrogens is 228 g/mol. The maximum absolute atomic E-state index is 12.4. The number of nitrogens with zero attached hydrogens (tertiary/aromatic N) is 2. The van der Waals surface area contributed by atoms with Crippen molar-refractivity contribution in [2.24, 2.45) is 0 Å². The Bertz CT molecular complexity index is 484. The number of benzene rings is 1. The molecule has 1 aliphatic heterocycles. The van der Waals surface area contributed by atoms with Crippen molar-refractivity contribution in [1.82, 2.24) is 10.1 Å². The van der Waals surface area contributed by atoms with Gasteiger partial charge in [0.15, 0.2) is 0 Å². The summed E-state index contributed by atoms with van der Waals surface area (Å²) in [4.78, 5) is 0. The molecule has 0 saturated carbocycles. The van der Waals surface area contributed by atoms with Crippen molar-refractivity contribution in [3.8, 4) is 0 Å². The van der Waals surface area contributed by atoms with Gasteiger partial charge < -0.3 is 20.5 Å². The van der Waals surface area contributed by atoms with Crippen molar-refractivity contribution in [1.29, 1.82) is 0 Å². The molecule has 0 aromatic heterocycles. The van der Waals surface area contributed by atoms with E-state index < -0.39 is 6.04 Å². The van der Waals surface area contributed by atoms with Gasteiger partial charge in [-0.2, -0.15) is 0 Å². The van der Waals surface area contributed by atoms with Crippen LogP contribution in [0.4, 0.5) is 0 Å². The molecule has 1 heterocycles. The van der Waals surface area contributed by atoms with Crippen LogP contribution in [0.25, 0.3) is 0 Å². The fourth-order valence-corrected chi connectivity index (χ4v) is 2.56. The van der Waals surface area contributed by atoms with E-state index in [0.29, 0.717) is 12.1 Å². The summed E-state index contributed by atoms with van der Waals surface area (Å²) in [5.74, 6) is 0. The molecule has 0 radical (unpaired) electrons. The normalized spacial score (nSPS) is 27.9. The number of fused-ring (bicyclic) bond motifs is 1. The number of hydrogen-bond donors (Lipinski definition) is 0. The molecule has 3 rings (SSSR count). The van der Waals surface area contributed by atoms with Crippen LogP contribution in [-0.2, 0) is 0 Å². The summed E-state index contributed by atoms with van der Waals surface area (Å²) >= 11 is 0. The van der Waals surface area contributed by atoms with Crippen LogP contribution in [0.5, 0.6) is 0 Å². The van der Waals surface area contributed by atoms with Crippen LogP contribution in [0.1, 0.15) is 18.0 Å². The van der Waals surface area contributed by atoms with Crippen molar-refractivity contribution in [3.05, 3.63) is 70.2 Å². The fourth-order valence-electron chi connectivity index (χ4n) is 2.56. The second-order valence-electron chi connectivity index (χ2n) is 4.62. The monoisotopic (exact) mass is 242 g/mol. The molecule has 1 aromatic rings. The lowest BCUT2D eigenvalue weighted by molar-refractivity contribution is 0.141. The fraction of sp³-hybridized carbons (Fsp3) is 0.286. The second-order valence-corrected chi connectivity index (χ2v) is 4.62. The lowest BCUT2D eigenvalue weighted by Crippen LogP contribution is -2.48. The largest absolute Gasteiger partial charge is 0.785 e. The van der Waals surface area contributed by atoms with E-state index in [2.05, 4.69) is 0 Å². The lowest BCUT2D eigenvalue weighted by atomic mass is 9.96. The molecule has 1 saturated heterocycles. The van der Waals surface area contributed by atoms with Gasteiger partial charge in [-0.1, -0.05) is 42.5 Å². The number of hydrogen-bond acceptors (Lipinski definition) is 4. The number of rotatable bonds is 1. The van der Waals surface area contributed by atoms with E-state index in [1.54, 1.807) is 6.08 Å². The Labute approximate surface area is 106 Å². The van der Waals surface area contributed by atoms with Gasteiger partial charge in [0.05, 0.1) is 6.04 Å². The first-order valence-corrected chi connectivity index (χ1v) is 6.09. The summed E-state index contributed by atoms with van der Waals surface area (Å²) in [7, 11) is 0. The number of allylic oxidation sites excluding steroid dienone is 2. The second kappa shape index (κ2) is 4.57. The molecule has 2 aliphatic rings. The molecule has 94 valence electrons. The van der Waals surface area contributed by atoms with Crippen LogP contribution >= 0.6 is 0 Å². The highest BCUT2D eigenvalue weighted by Crippen LogP contribution is 2.35. The molecule has 0 bridgehead atoms. The van der Waals surface area contributed by atoms with Gasteiger partial charge in [0, 0.05) is 18.3 Å². The molecule has 4 heteroatoms. The van der Waals surface area contributed by atoms with E-state index >= 15 is 0 Å². The standard InChI is InChI=1S/C14H14N2O2/c17-15-10-14(11-6-2-1-3-7-11)16(18)13-9-5-4-8-12(13)15/h1-7,9,12,14H,8,10H2/q-2. The first kappa shape index (κ1) is 11.5. The lowest BCUT2D eigenvalue weighted by Gasteiger charge is -2.56. The highest BCUT2D eigenvalue weighted by Gasteiger charge is 2.29. The van der Waals surface area contributed by atoms with Crippen molar-refractivity contribution < 1.29 is 0 Å². The van der Waals surface area contributed by atoms with E-state index in [1.165, 1.54) is 0 Å². The Morgan fingerprint density at radius 1 is 1.06 bits per heavy atom. The highest BCUT2D eigenvalue weighted by molar-refractivity contribution is 5.30. The van der Waals surface area contributed by atoms with Crippen molar-refractivity contribution in [3.63, 3.8) is 0 Å². The summed E-state index contributed by atoms with van der Waals surface area (Å²) in [6, 6.07) is 8.75. The van der Waals surface area contributed by atoms with Gasteiger partial charge in [0.25, 0.3) is 0 Å². The van der Waals surface area contributed by atoms with Gasteiger partial charge in [0.1, 0.15) is 0 Å². The van der Waals surface area contributed by atoms with Gasteiger partial charge in [-0.3, -0.25) is 0 Å². The number of hydroxylamine groups is 4. The zero-order chi connectivity index (χ0) is 12.5. The zero-order valence-corrected chi connectivity index (χ0v) is 9.90. The Morgan fingerprint density at radius 2 is 1.83 bits per heavy atom. The van der Waals surface area contributed by atoms with E-state index in [0.717, 1.165) is 15.7 Å². The molecule has 0 spiro atoms. The molecule has 1 aliphatic carbocycles. The Morgan fingerprint density at radius 3 is 2.61 bits per heavy atom. The van der Waals surface area contributed by atoms with Gasteiger partial charge >= 0.3 is 0 Å². The summed E-state index contributed by atoms with van der Waals surface area (Å²) in [6.07, 6.45) is 6.14. The Hall–Kier alpha value is -1.62. The smallest absolute Gasteiger partial charge is 0.0550 e. The van der Waals surface area contributed by atoms with Gasteiger partial charge in [-0.05, 0) is 18.1 Å². The Balaban J connectivity index is 1.94. The summed E-state index contributed by atoms with van der Waals surface area (Å²) in [5, 5.41) is 26.4. The van der Waals surface area contributed by atoms with Crippen LogP contribution in [-0.4, -0.2) is 22.7 Å². The van der Waals surface area contributed by atoms with Crippen LogP contribution < -0.4 is 0 Å². The van der Waals surface area contributed by atoms with Crippen molar-refractivity contribution >= 4 is 0 Å². The maximum Gasteiger partial charge on any atom is 0.0550 e. The zero-order valence-electron chi connectivity index (χ0n) is 9.90. The van der Waals surface area contributed by atoms with E-state index in [4.69, 9.17) is 0 Å². The van der Waals surface area contributed by atoms with Crippen LogP contribution in [0.15, 0.2) is 54.3 Å². The van der Waals surface area contributed by atoms with E-state index in [-0.39, 0.29) is 12.6 Å². The predicted molar refractivity (Wildman–Crippen MR) is 70.1 cm³/mol. The SMILES string of the molecule is [O-]N1CC(c2ccccc2)N([O-])C2=CC=CCC21. The van der Waals surface area contributed by atoms with Crippen molar-refractivity contribution in [2.45, 2.75) is 18.5 Å². The molecule has 2 atom stereocenters. The minimum absolute atomic E-state index is 0.226. The number of piperazine rings is 1. The van der Waals surface area contributed by atoms with E-state index in [1.807, 2.05) is 42.5 Å². The van der Waals surface area contributed by atoms with E-state index in [9.17, 15) is 10.4 Å². The minimum atomic E-state index is -0.405. The third kappa shape index (κ3) is 1.84. The topological polar surface area (TPSA) is 52.6 Å². The van der Waals surface area contributed by atoms with Crippen LogP contribution in [0.2, 0.25) is 0 Å². The molecule has 2 unspecified atom stereocenters. The van der Waals surface area contributed by atoms with Gasteiger partial charge in [-0.25, -0.2) is 0 Å². The minimum Gasteiger partial charge on any atom is -0.785 e. The average molecular weight is 242 g/mol. The molecule has 18 heavy (non-hydrogen) atoms. The summed E-state index contributed by atoms with van der Waals surface area (Å²) in [5.41, 5.74) is 1.47. The molecule has 0 N–H and O–H groups in total. The summed E-state index contributed by atoms with van der Waals surface area (Å²) < 4.78 is 0. The summed E-state index contributed by atoms with van der Waals surface area (Å²) in [6.45, 7) is 0.226. The van der Waals surface area contributed by atoms with Crippen molar-refractivity contribution in [2.75, 3.05) is 6.54 Å². The first-order chi connectivity index (χ1) is 8.77. The third-order valence-corrected chi connectivity index (χ3v) is 3.53. The third-order valence-electron chi connectivity index (χ3n) is 3.53. The molecule has 0 amide bonds. The van der Waals surface area contributed by atoms with Gasteiger partial charge in [0.2, 0.25) is 0 Å². The predicted octanol–water partition coefficient (Wildman–Crippen LogP) is 2.55. The maximum atomic E-state index is 12.4. The van der Waals surface area contributed by atoms with Crippen LogP contribution in [0, 0.1) is 10.4 Å².